The maximum Gasteiger partial charge on any atom is 0.220 e. The van der Waals surface area contributed by atoms with Crippen LogP contribution in [-0.2, 0) is 6.54 Å². The fourth-order valence-electron chi connectivity index (χ4n) is 3.86. The SMILES string of the molecule is Nc1ncc(-c2cccc(F)c2)c([C@@H]2CCCN(Cc3ccccc3)C2)n1. The van der Waals surface area contributed by atoms with E-state index in [9.17, 15) is 4.39 Å². The van der Waals surface area contributed by atoms with Crippen LogP contribution in [0.1, 0.15) is 30.0 Å². The molecule has 0 unspecified atom stereocenters. The molecule has 138 valence electrons. The molecule has 0 radical (unpaired) electrons. The largest absolute Gasteiger partial charge is 0.368 e. The highest BCUT2D eigenvalue weighted by molar-refractivity contribution is 5.66. The minimum atomic E-state index is -0.260. The summed E-state index contributed by atoms with van der Waals surface area (Å²) in [6, 6.07) is 17.1. The second kappa shape index (κ2) is 7.84. The van der Waals surface area contributed by atoms with E-state index < -0.39 is 0 Å². The van der Waals surface area contributed by atoms with Crippen LogP contribution in [0.3, 0.4) is 0 Å². The molecule has 1 aromatic heterocycles. The van der Waals surface area contributed by atoms with Gasteiger partial charge in [0.15, 0.2) is 0 Å². The summed E-state index contributed by atoms with van der Waals surface area (Å²) in [6.07, 6.45) is 3.87. The van der Waals surface area contributed by atoms with Gasteiger partial charge in [-0.3, -0.25) is 4.90 Å². The van der Waals surface area contributed by atoms with Crippen LogP contribution in [0.15, 0.2) is 60.8 Å². The van der Waals surface area contributed by atoms with Gasteiger partial charge in [-0.25, -0.2) is 14.4 Å². The average Bonchev–Trinajstić information content (AvgIpc) is 2.69. The van der Waals surface area contributed by atoms with E-state index in [-0.39, 0.29) is 17.7 Å². The van der Waals surface area contributed by atoms with Crippen LogP contribution in [0.2, 0.25) is 0 Å². The zero-order valence-electron chi connectivity index (χ0n) is 15.2. The highest BCUT2D eigenvalue weighted by Gasteiger charge is 2.25. The summed E-state index contributed by atoms with van der Waals surface area (Å²) in [5, 5.41) is 0. The molecule has 0 amide bonds. The smallest absolute Gasteiger partial charge is 0.220 e. The first-order chi connectivity index (χ1) is 13.2. The van der Waals surface area contributed by atoms with E-state index in [0.717, 1.165) is 49.3 Å². The number of rotatable bonds is 4. The van der Waals surface area contributed by atoms with Crippen molar-refractivity contribution >= 4 is 5.95 Å². The van der Waals surface area contributed by atoms with Crippen LogP contribution in [0, 0.1) is 5.82 Å². The molecule has 5 heteroatoms. The van der Waals surface area contributed by atoms with Gasteiger partial charge in [0.05, 0.1) is 5.69 Å². The average molecular weight is 362 g/mol. The number of aromatic nitrogens is 2. The van der Waals surface area contributed by atoms with Crippen LogP contribution in [0.25, 0.3) is 11.1 Å². The lowest BCUT2D eigenvalue weighted by molar-refractivity contribution is 0.198. The predicted molar refractivity (Wildman–Crippen MR) is 106 cm³/mol. The van der Waals surface area contributed by atoms with Crippen LogP contribution in [0.5, 0.6) is 0 Å². The first-order valence-corrected chi connectivity index (χ1v) is 9.33. The van der Waals surface area contributed by atoms with Gasteiger partial charge in [0, 0.05) is 30.8 Å². The van der Waals surface area contributed by atoms with Crippen molar-refractivity contribution in [1.29, 1.82) is 0 Å². The molecule has 4 rings (SSSR count). The minimum Gasteiger partial charge on any atom is -0.368 e. The predicted octanol–water partition coefficient (Wildman–Crippen LogP) is 4.24. The molecule has 1 aliphatic heterocycles. The normalized spacial score (nSPS) is 17.7. The number of nitrogen functional groups attached to an aromatic ring is 1. The molecule has 1 aliphatic rings. The van der Waals surface area contributed by atoms with Gasteiger partial charge in [-0.15, -0.1) is 0 Å². The van der Waals surface area contributed by atoms with Gasteiger partial charge in [0.25, 0.3) is 0 Å². The maximum atomic E-state index is 13.7. The Kier molecular flexibility index (Phi) is 5.12. The third kappa shape index (κ3) is 4.14. The minimum absolute atomic E-state index is 0.256. The Balaban J connectivity index is 1.61. The Bertz CT molecular complexity index is 913. The van der Waals surface area contributed by atoms with Gasteiger partial charge in [-0.1, -0.05) is 42.5 Å². The van der Waals surface area contributed by atoms with Crippen molar-refractivity contribution in [3.8, 4) is 11.1 Å². The number of nitrogens with zero attached hydrogens (tertiary/aromatic N) is 3. The van der Waals surface area contributed by atoms with Crippen LogP contribution in [-0.4, -0.2) is 28.0 Å². The molecule has 27 heavy (non-hydrogen) atoms. The fourth-order valence-corrected chi connectivity index (χ4v) is 3.86. The lowest BCUT2D eigenvalue weighted by atomic mass is 9.89. The number of halogens is 1. The van der Waals surface area contributed by atoms with Crippen molar-refractivity contribution in [3.63, 3.8) is 0 Å². The lowest BCUT2D eigenvalue weighted by Crippen LogP contribution is -2.34. The summed E-state index contributed by atoms with van der Waals surface area (Å²) in [7, 11) is 0. The highest BCUT2D eigenvalue weighted by Crippen LogP contribution is 2.34. The molecule has 1 atom stereocenters. The quantitative estimate of drug-likeness (QED) is 0.754. The molecule has 0 saturated carbocycles. The molecule has 0 bridgehead atoms. The summed E-state index contributed by atoms with van der Waals surface area (Å²) >= 11 is 0. The van der Waals surface area contributed by atoms with Crippen LogP contribution in [0.4, 0.5) is 10.3 Å². The molecule has 4 nitrogen and oxygen atoms in total. The third-order valence-electron chi connectivity index (χ3n) is 5.11. The van der Waals surface area contributed by atoms with Crippen LogP contribution < -0.4 is 5.73 Å². The second-order valence-electron chi connectivity index (χ2n) is 7.10. The van der Waals surface area contributed by atoms with E-state index in [1.165, 1.54) is 17.7 Å². The van der Waals surface area contributed by atoms with E-state index in [0.29, 0.717) is 0 Å². The topological polar surface area (TPSA) is 55.0 Å². The number of hydrogen-bond acceptors (Lipinski definition) is 4. The second-order valence-corrected chi connectivity index (χ2v) is 7.10. The molecule has 1 fully saturated rings. The maximum absolute atomic E-state index is 13.7. The monoisotopic (exact) mass is 362 g/mol. The number of piperidine rings is 1. The summed E-state index contributed by atoms with van der Waals surface area (Å²) < 4.78 is 13.7. The van der Waals surface area contributed by atoms with Crippen molar-refractivity contribution in [2.75, 3.05) is 18.8 Å². The molecule has 1 saturated heterocycles. The number of hydrogen-bond donors (Lipinski definition) is 1. The molecule has 0 aliphatic carbocycles. The fraction of sp³-hybridized carbons (Fsp3) is 0.273. The summed E-state index contributed by atoms with van der Waals surface area (Å²) in [5.74, 6) is 0.265. The Morgan fingerprint density at radius 2 is 1.96 bits per heavy atom. The van der Waals surface area contributed by atoms with Crippen LogP contribution >= 0.6 is 0 Å². The van der Waals surface area contributed by atoms with E-state index in [1.54, 1.807) is 12.3 Å². The van der Waals surface area contributed by atoms with E-state index in [4.69, 9.17) is 5.73 Å². The Hall–Kier alpha value is -2.79. The van der Waals surface area contributed by atoms with Gasteiger partial charge in [-0.2, -0.15) is 0 Å². The molecule has 2 N–H and O–H groups in total. The zero-order valence-corrected chi connectivity index (χ0v) is 15.2. The van der Waals surface area contributed by atoms with Gasteiger partial charge in [-0.05, 0) is 42.6 Å². The lowest BCUT2D eigenvalue weighted by Gasteiger charge is -2.33. The third-order valence-corrected chi connectivity index (χ3v) is 5.11. The standard InChI is InChI=1S/C22H23FN4/c23-19-10-4-8-17(12-19)20-13-25-22(24)26-21(20)18-9-5-11-27(15-18)14-16-6-2-1-3-7-16/h1-4,6-8,10,12-13,18H,5,9,11,14-15H2,(H2,24,25,26)/t18-/m1/s1. The Morgan fingerprint density at radius 1 is 1.11 bits per heavy atom. The zero-order chi connectivity index (χ0) is 18.6. The summed E-state index contributed by atoms with van der Waals surface area (Å²) in [5.41, 5.74) is 9.79. The number of likely N-dealkylation sites (tertiary alicyclic amines) is 1. The van der Waals surface area contributed by atoms with E-state index in [1.807, 2.05) is 12.1 Å². The summed E-state index contributed by atoms with van der Waals surface area (Å²) in [6.45, 7) is 2.90. The highest BCUT2D eigenvalue weighted by atomic mass is 19.1. The van der Waals surface area contributed by atoms with Gasteiger partial charge >= 0.3 is 0 Å². The van der Waals surface area contributed by atoms with Crippen molar-refractivity contribution in [2.45, 2.75) is 25.3 Å². The van der Waals surface area contributed by atoms with Gasteiger partial charge < -0.3 is 5.73 Å². The first kappa shape index (κ1) is 17.6. The Labute approximate surface area is 158 Å². The molecule has 3 aromatic rings. The van der Waals surface area contributed by atoms with Crippen molar-refractivity contribution in [3.05, 3.63) is 77.9 Å². The number of benzene rings is 2. The van der Waals surface area contributed by atoms with Gasteiger partial charge in [0.2, 0.25) is 5.95 Å². The molecule has 2 heterocycles. The molecule has 2 aromatic carbocycles. The van der Waals surface area contributed by atoms with Crippen molar-refractivity contribution in [2.24, 2.45) is 0 Å². The molecule has 0 spiro atoms. The van der Waals surface area contributed by atoms with E-state index >= 15 is 0 Å². The Morgan fingerprint density at radius 3 is 2.78 bits per heavy atom. The first-order valence-electron chi connectivity index (χ1n) is 9.33. The molecular formula is C22H23FN4. The number of nitrogens with two attached hydrogens (primary N) is 1. The summed E-state index contributed by atoms with van der Waals surface area (Å²) in [4.78, 5) is 11.2. The van der Waals surface area contributed by atoms with E-state index in [2.05, 4.69) is 39.1 Å². The van der Waals surface area contributed by atoms with Gasteiger partial charge in [0.1, 0.15) is 5.82 Å². The van der Waals surface area contributed by atoms with Crippen molar-refractivity contribution < 1.29 is 4.39 Å². The van der Waals surface area contributed by atoms with Crippen molar-refractivity contribution in [1.82, 2.24) is 14.9 Å². The molecular weight excluding hydrogens is 339 g/mol. The number of anilines is 1.